The molecule has 1 saturated heterocycles. The van der Waals surface area contributed by atoms with Gasteiger partial charge >= 0.3 is 0 Å². The van der Waals surface area contributed by atoms with Gasteiger partial charge in [0.15, 0.2) is 5.96 Å². The fourth-order valence-corrected chi connectivity index (χ4v) is 2.87. The first-order valence-corrected chi connectivity index (χ1v) is 10.2. The summed E-state index contributed by atoms with van der Waals surface area (Å²) >= 11 is 0. The van der Waals surface area contributed by atoms with Crippen molar-refractivity contribution in [3.05, 3.63) is 0 Å². The molecule has 1 unspecified atom stereocenters. The standard InChI is InChI=1S/C19H40N4O2/c1-4-20-19(21-11-7-8-13-23(5-2)6-3)22-12-9-14-24-16-18-10-15-25-17-18/h18H,4-17H2,1-3H3,(H2,20,21,22). The molecule has 148 valence electrons. The molecule has 25 heavy (non-hydrogen) atoms. The van der Waals surface area contributed by atoms with Gasteiger partial charge in [-0.2, -0.15) is 0 Å². The third-order valence-corrected chi connectivity index (χ3v) is 4.53. The minimum absolute atomic E-state index is 0.596. The Labute approximate surface area is 154 Å². The van der Waals surface area contributed by atoms with Gasteiger partial charge in [-0.25, -0.2) is 0 Å². The van der Waals surface area contributed by atoms with Gasteiger partial charge in [0.2, 0.25) is 0 Å². The number of guanidine groups is 1. The van der Waals surface area contributed by atoms with E-state index in [0.717, 1.165) is 78.0 Å². The zero-order chi connectivity index (χ0) is 18.2. The Hall–Kier alpha value is -0.850. The summed E-state index contributed by atoms with van der Waals surface area (Å²) in [6.07, 6.45) is 4.51. The van der Waals surface area contributed by atoms with Crippen molar-refractivity contribution in [1.82, 2.24) is 15.5 Å². The average molecular weight is 357 g/mol. The van der Waals surface area contributed by atoms with E-state index in [2.05, 4.69) is 41.3 Å². The topological polar surface area (TPSA) is 58.1 Å². The molecule has 0 aliphatic carbocycles. The predicted molar refractivity (Wildman–Crippen MR) is 105 cm³/mol. The molecule has 0 aromatic carbocycles. The van der Waals surface area contributed by atoms with Crippen LogP contribution < -0.4 is 10.6 Å². The van der Waals surface area contributed by atoms with Crippen LogP contribution >= 0.6 is 0 Å². The zero-order valence-corrected chi connectivity index (χ0v) is 16.7. The summed E-state index contributed by atoms with van der Waals surface area (Å²) in [6, 6.07) is 0. The Balaban J connectivity index is 2.05. The summed E-state index contributed by atoms with van der Waals surface area (Å²) in [5.74, 6) is 1.52. The Morgan fingerprint density at radius 2 is 2.00 bits per heavy atom. The van der Waals surface area contributed by atoms with Crippen LogP contribution in [0.1, 0.15) is 46.5 Å². The second kappa shape index (κ2) is 15.4. The zero-order valence-electron chi connectivity index (χ0n) is 16.7. The summed E-state index contributed by atoms with van der Waals surface area (Å²) in [7, 11) is 0. The van der Waals surface area contributed by atoms with Crippen LogP contribution in [0, 0.1) is 5.92 Å². The lowest BCUT2D eigenvalue weighted by Crippen LogP contribution is -2.38. The van der Waals surface area contributed by atoms with Crippen molar-refractivity contribution in [2.24, 2.45) is 10.9 Å². The van der Waals surface area contributed by atoms with Gasteiger partial charge in [-0.3, -0.25) is 4.99 Å². The SMILES string of the molecule is CCNC(=NCCCOCC1CCOC1)NCCCCN(CC)CC. The predicted octanol–water partition coefficient (Wildman–Crippen LogP) is 2.11. The first kappa shape index (κ1) is 22.2. The van der Waals surface area contributed by atoms with E-state index in [0.29, 0.717) is 5.92 Å². The molecule has 0 spiro atoms. The summed E-state index contributed by atoms with van der Waals surface area (Å²) in [6.45, 7) is 16.1. The monoisotopic (exact) mass is 356 g/mol. The van der Waals surface area contributed by atoms with Gasteiger partial charge in [0.05, 0.1) is 13.2 Å². The van der Waals surface area contributed by atoms with Crippen LogP contribution in [-0.4, -0.2) is 76.6 Å². The molecule has 0 bridgehead atoms. The molecule has 1 fully saturated rings. The van der Waals surface area contributed by atoms with Gasteiger partial charge in [-0.05, 0) is 52.2 Å². The third kappa shape index (κ3) is 11.4. The van der Waals surface area contributed by atoms with E-state index in [1.165, 1.54) is 19.4 Å². The largest absolute Gasteiger partial charge is 0.381 e. The maximum Gasteiger partial charge on any atom is 0.191 e. The fraction of sp³-hybridized carbons (Fsp3) is 0.947. The number of ether oxygens (including phenoxy) is 2. The fourth-order valence-electron chi connectivity index (χ4n) is 2.87. The number of nitrogens with one attached hydrogen (secondary N) is 2. The van der Waals surface area contributed by atoms with Gasteiger partial charge in [0.25, 0.3) is 0 Å². The molecule has 1 atom stereocenters. The molecule has 0 saturated carbocycles. The average Bonchev–Trinajstić information content (AvgIpc) is 3.14. The number of rotatable bonds is 14. The molecule has 1 aliphatic heterocycles. The molecule has 0 amide bonds. The maximum atomic E-state index is 5.72. The number of unbranched alkanes of at least 4 members (excludes halogenated alkanes) is 1. The summed E-state index contributed by atoms with van der Waals surface area (Å²) < 4.78 is 11.1. The molecule has 6 nitrogen and oxygen atoms in total. The van der Waals surface area contributed by atoms with Gasteiger partial charge in [0.1, 0.15) is 0 Å². The molecular formula is C19H40N4O2. The second-order valence-corrected chi connectivity index (χ2v) is 6.58. The van der Waals surface area contributed by atoms with Gasteiger partial charge in [-0.15, -0.1) is 0 Å². The highest BCUT2D eigenvalue weighted by Crippen LogP contribution is 2.12. The van der Waals surface area contributed by atoms with Gasteiger partial charge in [0, 0.05) is 38.8 Å². The molecule has 1 rings (SSSR count). The normalized spacial score (nSPS) is 18.1. The summed E-state index contributed by atoms with van der Waals surface area (Å²) in [4.78, 5) is 7.10. The maximum absolute atomic E-state index is 5.72. The number of hydrogen-bond donors (Lipinski definition) is 2. The van der Waals surface area contributed by atoms with Crippen molar-refractivity contribution in [3.8, 4) is 0 Å². The molecule has 1 aliphatic rings. The van der Waals surface area contributed by atoms with E-state index in [9.17, 15) is 0 Å². The van der Waals surface area contributed by atoms with Crippen molar-refractivity contribution < 1.29 is 9.47 Å². The Morgan fingerprint density at radius 1 is 1.16 bits per heavy atom. The lowest BCUT2D eigenvalue weighted by Gasteiger charge is -2.18. The summed E-state index contributed by atoms with van der Waals surface area (Å²) in [5, 5.41) is 6.74. The Morgan fingerprint density at radius 3 is 2.68 bits per heavy atom. The van der Waals surface area contributed by atoms with Crippen molar-refractivity contribution in [2.45, 2.75) is 46.5 Å². The van der Waals surface area contributed by atoms with Gasteiger partial charge in [-0.1, -0.05) is 13.8 Å². The van der Waals surface area contributed by atoms with Gasteiger partial charge < -0.3 is 25.0 Å². The van der Waals surface area contributed by atoms with Crippen LogP contribution in [0.25, 0.3) is 0 Å². The lowest BCUT2D eigenvalue weighted by molar-refractivity contribution is 0.0893. The molecule has 2 N–H and O–H groups in total. The first-order chi connectivity index (χ1) is 12.3. The first-order valence-electron chi connectivity index (χ1n) is 10.2. The molecule has 0 radical (unpaired) electrons. The van der Waals surface area contributed by atoms with Crippen LogP contribution in [0.4, 0.5) is 0 Å². The number of hydrogen-bond acceptors (Lipinski definition) is 4. The Kier molecular flexibility index (Phi) is 13.7. The minimum atomic E-state index is 0.596. The van der Waals surface area contributed by atoms with Crippen LogP contribution in [0.15, 0.2) is 4.99 Å². The van der Waals surface area contributed by atoms with Crippen LogP contribution in [0.5, 0.6) is 0 Å². The van der Waals surface area contributed by atoms with Crippen LogP contribution in [-0.2, 0) is 9.47 Å². The highest BCUT2D eigenvalue weighted by Gasteiger charge is 2.15. The third-order valence-electron chi connectivity index (χ3n) is 4.53. The molecule has 0 aromatic heterocycles. The highest BCUT2D eigenvalue weighted by atomic mass is 16.5. The van der Waals surface area contributed by atoms with Crippen LogP contribution in [0.2, 0.25) is 0 Å². The van der Waals surface area contributed by atoms with E-state index >= 15 is 0 Å². The van der Waals surface area contributed by atoms with Crippen LogP contribution in [0.3, 0.4) is 0 Å². The lowest BCUT2D eigenvalue weighted by atomic mass is 10.1. The van der Waals surface area contributed by atoms with E-state index in [-0.39, 0.29) is 0 Å². The van der Waals surface area contributed by atoms with E-state index in [1.807, 2.05) is 0 Å². The smallest absolute Gasteiger partial charge is 0.191 e. The molecular weight excluding hydrogens is 316 g/mol. The molecule has 6 heteroatoms. The van der Waals surface area contributed by atoms with E-state index < -0.39 is 0 Å². The van der Waals surface area contributed by atoms with E-state index in [4.69, 9.17) is 9.47 Å². The van der Waals surface area contributed by atoms with E-state index in [1.54, 1.807) is 0 Å². The molecule has 1 heterocycles. The van der Waals surface area contributed by atoms with Crippen molar-refractivity contribution in [1.29, 1.82) is 0 Å². The minimum Gasteiger partial charge on any atom is -0.381 e. The molecule has 0 aromatic rings. The van der Waals surface area contributed by atoms with Crippen molar-refractivity contribution in [2.75, 3.05) is 65.7 Å². The second-order valence-electron chi connectivity index (χ2n) is 6.58. The quantitative estimate of drug-likeness (QED) is 0.284. The number of aliphatic imine (C=N–C) groups is 1. The van der Waals surface area contributed by atoms with Crippen molar-refractivity contribution >= 4 is 5.96 Å². The highest BCUT2D eigenvalue weighted by molar-refractivity contribution is 5.79. The summed E-state index contributed by atoms with van der Waals surface area (Å²) in [5.41, 5.74) is 0. The Bertz CT molecular complexity index is 329. The number of nitrogens with zero attached hydrogens (tertiary/aromatic N) is 2. The van der Waals surface area contributed by atoms with Crippen molar-refractivity contribution in [3.63, 3.8) is 0 Å².